The summed E-state index contributed by atoms with van der Waals surface area (Å²) in [6.45, 7) is 0.193. The van der Waals surface area contributed by atoms with Crippen LogP contribution in [0.25, 0.3) is 0 Å². The normalized spacial score (nSPS) is 10.2. The second kappa shape index (κ2) is 7.13. The third kappa shape index (κ3) is 4.49. The largest absolute Gasteiger partial charge is 0.497 e. The van der Waals surface area contributed by atoms with Crippen LogP contribution in [0.2, 0.25) is 0 Å². The first-order chi connectivity index (χ1) is 10.1. The van der Waals surface area contributed by atoms with Gasteiger partial charge >= 0.3 is 5.97 Å². The fourth-order valence-electron chi connectivity index (χ4n) is 1.87. The molecule has 2 N–H and O–H groups in total. The summed E-state index contributed by atoms with van der Waals surface area (Å²) in [4.78, 5) is 11.9. The Bertz CT molecular complexity index is 643. The van der Waals surface area contributed by atoms with E-state index in [1.54, 1.807) is 19.2 Å². The Morgan fingerprint density at radius 1 is 1.24 bits per heavy atom. The van der Waals surface area contributed by atoms with Crippen LogP contribution in [0.4, 0.5) is 5.69 Å². The zero-order valence-corrected chi connectivity index (χ0v) is 13.2. The number of anilines is 1. The van der Waals surface area contributed by atoms with Gasteiger partial charge in [0.05, 0.1) is 13.5 Å². The number of hydrogen-bond donors (Lipinski definition) is 1. The van der Waals surface area contributed by atoms with Crippen molar-refractivity contribution in [2.24, 2.45) is 0 Å². The van der Waals surface area contributed by atoms with Crippen LogP contribution in [0.5, 0.6) is 5.75 Å². The van der Waals surface area contributed by atoms with Crippen molar-refractivity contribution >= 4 is 27.6 Å². The van der Waals surface area contributed by atoms with Crippen molar-refractivity contribution in [3.63, 3.8) is 0 Å². The Labute approximate surface area is 132 Å². The predicted octanol–water partition coefficient (Wildman–Crippen LogP) is 3.33. The number of nitrogen functional groups attached to an aromatic ring is 1. The summed E-state index contributed by atoms with van der Waals surface area (Å²) in [6, 6.07) is 12.7. The lowest BCUT2D eigenvalue weighted by molar-refractivity contribution is -0.144. The lowest BCUT2D eigenvalue weighted by Gasteiger charge is -2.09. The smallest absolute Gasteiger partial charge is 0.310 e. The molecular weight excluding hydrogens is 334 g/mol. The summed E-state index contributed by atoms with van der Waals surface area (Å²) in [6.07, 6.45) is 0.201. The van der Waals surface area contributed by atoms with Crippen molar-refractivity contribution in [2.45, 2.75) is 13.0 Å². The standard InChI is InChI=1S/C16H16BrNO3/c1-20-14-5-6-15(17)12(9-14)10-21-16(19)8-11-3-2-4-13(18)7-11/h2-7,9H,8,10,18H2,1H3. The zero-order valence-electron chi connectivity index (χ0n) is 11.6. The molecule has 2 rings (SSSR count). The Hall–Kier alpha value is -2.01. The highest BCUT2D eigenvalue weighted by atomic mass is 79.9. The molecule has 0 heterocycles. The summed E-state index contributed by atoms with van der Waals surface area (Å²) in [7, 11) is 1.60. The van der Waals surface area contributed by atoms with Crippen molar-refractivity contribution in [1.29, 1.82) is 0 Å². The highest BCUT2D eigenvalue weighted by Gasteiger charge is 2.08. The van der Waals surface area contributed by atoms with Gasteiger partial charge in [-0.25, -0.2) is 0 Å². The molecule has 0 amide bonds. The van der Waals surface area contributed by atoms with Crippen molar-refractivity contribution < 1.29 is 14.3 Å². The minimum absolute atomic E-state index is 0.193. The fourth-order valence-corrected chi connectivity index (χ4v) is 2.23. The fraction of sp³-hybridized carbons (Fsp3) is 0.188. The number of carbonyl (C=O) groups is 1. The van der Waals surface area contributed by atoms with Gasteiger partial charge in [0, 0.05) is 15.7 Å². The molecule has 0 bridgehead atoms. The maximum Gasteiger partial charge on any atom is 0.310 e. The average molecular weight is 350 g/mol. The topological polar surface area (TPSA) is 61.5 Å². The van der Waals surface area contributed by atoms with Gasteiger partial charge in [0.25, 0.3) is 0 Å². The Balaban J connectivity index is 1.95. The number of ether oxygens (including phenoxy) is 2. The number of hydrogen-bond acceptors (Lipinski definition) is 4. The monoisotopic (exact) mass is 349 g/mol. The minimum atomic E-state index is -0.296. The summed E-state index contributed by atoms with van der Waals surface area (Å²) in [5, 5.41) is 0. The van der Waals surface area contributed by atoms with E-state index >= 15 is 0 Å². The van der Waals surface area contributed by atoms with E-state index in [1.807, 2.05) is 30.3 Å². The summed E-state index contributed by atoms with van der Waals surface area (Å²) in [5.41, 5.74) is 8.01. The first-order valence-electron chi connectivity index (χ1n) is 6.41. The van der Waals surface area contributed by atoms with Gasteiger partial charge in [-0.3, -0.25) is 4.79 Å². The molecule has 0 radical (unpaired) electrons. The molecule has 0 fully saturated rings. The highest BCUT2D eigenvalue weighted by Crippen LogP contribution is 2.23. The molecule has 21 heavy (non-hydrogen) atoms. The van der Waals surface area contributed by atoms with Crippen LogP contribution in [-0.4, -0.2) is 13.1 Å². The third-order valence-corrected chi connectivity index (χ3v) is 3.71. The van der Waals surface area contributed by atoms with Crippen LogP contribution in [-0.2, 0) is 22.6 Å². The maximum absolute atomic E-state index is 11.9. The van der Waals surface area contributed by atoms with Gasteiger partial charge < -0.3 is 15.2 Å². The SMILES string of the molecule is COc1ccc(Br)c(COC(=O)Cc2cccc(N)c2)c1. The molecule has 0 aliphatic heterocycles. The van der Waals surface area contributed by atoms with Crippen LogP contribution >= 0.6 is 15.9 Å². The van der Waals surface area contributed by atoms with E-state index in [0.29, 0.717) is 5.69 Å². The Morgan fingerprint density at radius 3 is 2.76 bits per heavy atom. The van der Waals surface area contributed by atoms with Crippen LogP contribution in [0, 0.1) is 0 Å². The minimum Gasteiger partial charge on any atom is -0.497 e. The van der Waals surface area contributed by atoms with E-state index in [9.17, 15) is 4.79 Å². The molecule has 0 aromatic heterocycles. The first kappa shape index (κ1) is 15.4. The van der Waals surface area contributed by atoms with E-state index in [2.05, 4.69) is 15.9 Å². The number of rotatable bonds is 5. The summed E-state index contributed by atoms with van der Waals surface area (Å²) < 4.78 is 11.3. The molecule has 2 aromatic rings. The Kier molecular flexibility index (Phi) is 5.22. The van der Waals surface area contributed by atoms with E-state index in [1.165, 1.54) is 0 Å². The van der Waals surface area contributed by atoms with Gasteiger partial charge in [0.15, 0.2) is 0 Å². The lowest BCUT2D eigenvalue weighted by Crippen LogP contribution is -2.08. The molecular formula is C16H16BrNO3. The van der Waals surface area contributed by atoms with Crippen LogP contribution in [0.3, 0.4) is 0 Å². The van der Waals surface area contributed by atoms with Crippen LogP contribution in [0.15, 0.2) is 46.9 Å². The number of carbonyl (C=O) groups excluding carboxylic acids is 1. The van der Waals surface area contributed by atoms with Crippen molar-refractivity contribution in [3.8, 4) is 5.75 Å². The highest BCUT2D eigenvalue weighted by molar-refractivity contribution is 9.10. The molecule has 0 aliphatic rings. The van der Waals surface area contributed by atoms with Crippen LogP contribution < -0.4 is 10.5 Å². The lowest BCUT2D eigenvalue weighted by atomic mass is 10.1. The maximum atomic E-state index is 11.9. The molecule has 0 unspecified atom stereocenters. The van der Waals surface area contributed by atoms with Gasteiger partial charge in [-0.2, -0.15) is 0 Å². The predicted molar refractivity (Wildman–Crippen MR) is 85.0 cm³/mol. The molecule has 0 atom stereocenters. The quantitative estimate of drug-likeness (QED) is 0.664. The molecule has 2 aromatic carbocycles. The molecule has 0 aliphatic carbocycles. The molecule has 4 nitrogen and oxygen atoms in total. The summed E-state index contributed by atoms with van der Waals surface area (Å²) in [5.74, 6) is 0.426. The van der Waals surface area contributed by atoms with Crippen molar-refractivity contribution in [1.82, 2.24) is 0 Å². The van der Waals surface area contributed by atoms with Crippen molar-refractivity contribution in [2.75, 3.05) is 12.8 Å². The van der Waals surface area contributed by atoms with E-state index in [4.69, 9.17) is 15.2 Å². The third-order valence-electron chi connectivity index (χ3n) is 2.94. The van der Waals surface area contributed by atoms with E-state index in [-0.39, 0.29) is 19.0 Å². The molecule has 0 saturated heterocycles. The van der Waals surface area contributed by atoms with Gasteiger partial charge in [-0.15, -0.1) is 0 Å². The number of benzene rings is 2. The van der Waals surface area contributed by atoms with Gasteiger partial charge in [-0.1, -0.05) is 28.1 Å². The zero-order chi connectivity index (χ0) is 15.2. The Morgan fingerprint density at radius 2 is 2.05 bits per heavy atom. The second-order valence-electron chi connectivity index (χ2n) is 4.54. The molecule has 0 saturated carbocycles. The number of methoxy groups -OCH3 is 1. The first-order valence-corrected chi connectivity index (χ1v) is 7.20. The van der Waals surface area contributed by atoms with E-state index in [0.717, 1.165) is 21.3 Å². The molecule has 0 spiro atoms. The second-order valence-corrected chi connectivity index (χ2v) is 5.39. The van der Waals surface area contributed by atoms with Crippen molar-refractivity contribution in [3.05, 3.63) is 58.1 Å². The number of esters is 1. The van der Waals surface area contributed by atoms with Gasteiger partial charge in [0.1, 0.15) is 12.4 Å². The summed E-state index contributed by atoms with van der Waals surface area (Å²) >= 11 is 3.42. The number of halogens is 1. The molecule has 110 valence electrons. The van der Waals surface area contributed by atoms with Gasteiger partial charge in [-0.05, 0) is 35.9 Å². The average Bonchev–Trinajstić information content (AvgIpc) is 2.46. The molecule has 5 heteroatoms. The van der Waals surface area contributed by atoms with E-state index < -0.39 is 0 Å². The van der Waals surface area contributed by atoms with Crippen LogP contribution in [0.1, 0.15) is 11.1 Å². The van der Waals surface area contributed by atoms with Gasteiger partial charge in [0.2, 0.25) is 0 Å². The number of nitrogens with two attached hydrogens (primary N) is 1.